The number of amides is 1. The Balaban J connectivity index is 1.49. The van der Waals surface area contributed by atoms with Gasteiger partial charge in [0, 0.05) is 25.6 Å². The Morgan fingerprint density at radius 1 is 1.03 bits per heavy atom. The van der Waals surface area contributed by atoms with E-state index in [1.807, 2.05) is 54.1 Å². The number of hydrogen-bond donors (Lipinski definition) is 2. The second-order valence-corrected chi connectivity index (χ2v) is 10.1. The van der Waals surface area contributed by atoms with Crippen molar-refractivity contribution in [1.29, 1.82) is 0 Å². The quantitative estimate of drug-likeness (QED) is 0.186. The Kier molecular flexibility index (Phi) is 10.0. The number of rotatable bonds is 1. The highest BCUT2D eigenvalue weighted by Crippen LogP contribution is 2.24. The highest BCUT2D eigenvalue weighted by Gasteiger charge is 2.23. The average Bonchev–Trinajstić information content (AvgIpc) is 3.25. The number of nitrogens with one attached hydrogen (secondary N) is 2. The number of carbonyl (C=O) groups excluding carboxylic acids is 2. The Morgan fingerprint density at radius 2 is 1.81 bits per heavy atom. The molecule has 0 saturated carbocycles. The van der Waals surface area contributed by atoms with Crippen molar-refractivity contribution < 1.29 is 19.1 Å². The molecule has 1 aromatic heterocycles. The summed E-state index contributed by atoms with van der Waals surface area (Å²) in [5, 5.41) is 14.8. The zero-order valence-electron chi connectivity index (χ0n) is 20.9. The summed E-state index contributed by atoms with van der Waals surface area (Å²) >= 11 is 2.24. The van der Waals surface area contributed by atoms with Crippen LogP contribution in [0.2, 0.25) is 0 Å². The van der Waals surface area contributed by atoms with Gasteiger partial charge in [0.15, 0.2) is 0 Å². The molecule has 2 aliphatic heterocycles. The predicted molar refractivity (Wildman–Crippen MR) is 147 cm³/mol. The first-order valence-corrected chi connectivity index (χ1v) is 13.6. The lowest BCUT2D eigenvalue weighted by Gasteiger charge is -2.25. The topological polar surface area (TPSA) is 107 Å². The molecule has 5 rings (SSSR count). The Hall–Kier alpha value is -2.83. The summed E-state index contributed by atoms with van der Waals surface area (Å²) in [7, 11) is 0. The van der Waals surface area contributed by atoms with Crippen LogP contribution in [0.1, 0.15) is 49.1 Å². The van der Waals surface area contributed by atoms with Gasteiger partial charge in [-0.25, -0.2) is 4.68 Å². The summed E-state index contributed by atoms with van der Waals surface area (Å²) in [6, 6.07) is 17.1. The molecule has 2 atom stereocenters. The summed E-state index contributed by atoms with van der Waals surface area (Å²) in [5.74, 6) is 0.147. The molecule has 0 spiro atoms. The highest BCUT2D eigenvalue weighted by molar-refractivity contribution is 14.1. The maximum absolute atomic E-state index is 12.5. The monoisotopic (exact) mass is 617 g/mol. The van der Waals surface area contributed by atoms with Gasteiger partial charge in [0.05, 0.1) is 19.3 Å². The van der Waals surface area contributed by atoms with Gasteiger partial charge >= 0.3 is 5.97 Å². The molecule has 37 heavy (non-hydrogen) atoms. The van der Waals surface area contributed by atoms with Crippen LogP contribution in [0.4, 0.5) is 0 Å². The third-order valence-corrected chi connectivity index (χ3v) is 7.38. The summed E-state index contributed by atoms with van der Waals surface area (Å²) in [5.41, 5.74) is 2.81. The van der Waals surface area contributed by atoms with Crippen LogP contribution >= 0.6 is 22.6 Å². The van der Waals surface area contributed by atoms with Crippen LogP contribution in [0.3, 0.4) is 0 Å². The van der Waals surface area contributed by atoms with Gasteiger partial charge in [-0.05, 0) is 72.0 Å². The fourth-order valence-corrected chi connectivity index (χ4v) is 4.74. The number of aryl methyl sites for hydroxylation is 1. The third-order valence-electron chi connectivity index (χ3n) is 6.20. The van der Waals surface area contributed by atoms with E-state index in [2.05, 4.69) is 43.5 Å². The molecule has 0 aliphatic carbocycles. The number of esters is 1. The van der Waals surface area contributed by atoms with E-state index in [0.717, 1.165) is 33.4 Å². The van der Waals surface area contributed by atoms with Crippen LogP contribution in [0.15, 0.2) is 54.6 Å². The number of aromatic nitrogens is 3. The van der Waals surface area contributed by atoms with E-state index in [-0.39, 0.29) is 37.2 Å². The van der Waals surface area contributed by atoms with Crippen molar-refractivity contribution in [3.8, 4) is 5.75 Å². The van der Waals surface area contributed by atoms with Crippen LogP contribution in [-0.2, 0) is 33.9 Å². The van der Waals surface area contributed by atoms with E-state index >= 15 is 0 Å². The Morgan fingerprint density at radius 3 is 2.59 bits per heavy atom. The molecule has 0 saturated heterocycles. The van der Waals surface area contributed by atoms with E-state index in [9.17, 15) is 9.59 Å². The van der Waals surface area contributed by atoms with Crippen LogP contribution in [0.25, 0.3) is 0 Å². The summed E-state index contributed by atoms with van der Waals surface area (Å²) in [4.78, 5) is 24.7. The maximum Gasteiger partial charge on any atom is 0.325 e. The normalized spacial score (nSPS) is 20.7. The second kappa shape index (κ2) is 13.6. The number of nitrogens with zero attached hydrogens (tertiary/aromatic N) is 3. The van der Waals surface area contributed by atoms with Gasteiger partial charge in [0.2, 0.25) is 5.91 Å². The van der Waals surface area contributed by atoms with Gasteiger partial charge in [-0.15, -0.1) is 5.10 Å². The number of ether oxygens (including phenoxy) is 2. The number of hydrogen-bond acceptors (Lipinski definition) is 7. The molecule has 3 heterocycles. The Bertz CT molecular complexity index is 1170. The van der Waals surface area contributed by atoms with Crippen molar-refractivity contribution in [3.63, 3.8) is 0 Å². The minimum absolute atomic E-state index is 0.0371. The third kappa shape index (κ3) is 8.08. The minimum Gasteiger partial charge on any atom is -0.426 e. The molecule has 2 aliphatic rings. The second-order valence-electron chi connectivity index (χ2n) is 9.04. The first-order chi connectivity index (χ1) is 18.0. The van der Waals surface area contributed by atoms with Crippen LogP contribution < -0.4 is 15.4 Å². The maximum atomic E-state index is 12.5. The standard InChI is InChI=1S/C27H32IN5O4/c1-19-26(21-7-3-2-4-8-21)36-18-23-27(28)33(32-31-23)16-6-5-9-24(34)29-15-14-20-10-12-22(13-11-20)37-25(35)17-30-19/h2-4,7-8,10-13,19,26,30H,5-6,9,14-18H2,1H3,(H,29,34)/t19-,26-/m0/s1. The van der Waals surface area contributed by atoms with E-state index in [4.69, 9.17) is 9.47 Å². The van der Waals surface area contributed by atoms with Gasteiger partial charge in [-0.3, -0.25) is 9.59 Å². The molecule has 1 amide bonds. The molecule has 3 aromatic rings. The van der Waals surface area contributed by atoms with Gasteiger partial charge in [-0.2, -0.15) is 0 Å². The molecule has 9 nitrogen and oxygen atoms in total. The van der Waals surface area contributed by atoms with Gasteiger partial charge in [0.1, 0.15) is 15.1 Å². The van der Waals surface area contributed by atoms with Crippen molar-refractivity contribution >= 4 is 34.5 Å². The molecule has 2 N–H and O–H groups in total. The van der Waals surface area contributed by atoms with Gasteiger partial charge in [0.25, 0.3) is 0 Å². The molecule has 0 fully saturated rings. The summed E-state index contributed by atoms with van der Waals surface area (Å²) in [6.45, 7) is 3.55. The molecule has 4 bridgehead atoms. The van der Waals surface area contributed by atoms with E-state index < -0.39 is 0 Å². The number of benzene rings is 2. The van der Waals surface area contributed by atoms with Crippen LogP contribution in [-0.4, -0.2) is 46.0 Å². The first-order valence-electron chi connectivity index (χ1n) is 12.5. The Labute approximate surface area is 230 Å². The predicted octanol–water partition coefficient (Wildman–Crippen LogP) is 3.57. The summed E-state index contributed by atoms with van der Waals surface area (Å²) < 4.78 is 14.6. The lowest BCUT2D eigenvalue weighted by molar-refractivity contribution is -0.133. The molecule has 10 heteroatoms. The van der Waals surface area contributed by atoms with Gasteiger partial charge < -0.3 is 20.1 Å². The largest absolute Gasteiger partial charge is 0.426 e. The van der Waals surface area contributed by atoms with E-state index in [1.54, 1.807) is 12.1 Å². The smallest absolute Gasteiger partial charge is 0.325 e. The molecule has 0 radical (unpaired) electrons. The average molecular weight is 617 g/mol. The van der Waals surface area contributed by atoms with E-state index in [0.29, 0.717) is 31.7 Å². The fourth-order valence-electron chi connectivity index (χ4n) is 4.13. The minimum atomic E-state index is -0.380. The van der Waals surface area contributed by atoms with Crippen molar-refractivity contribution in [2.45, 2.75) is 57.9 Å². The van der Waals surface area contributed by atoms with Gasteiger partial charge in [-0.1, -0.05) is 47.7 Å². The first kappa shape index (κ1) is 27.2. The van der Waals surface area contributed by atoms with Crippen molar-refractivity contribution in [1.82, 2.24) is 25.6 Å². The molecule has 0 unspecified atom stereocenters. The van der Waals surface area contributed by atoms with Crippen molar-refractivity contribution in [2.75, 3.05) is 13.1 Å². The van der Waals surface area contributed by atoms with Crippen LogP contribution in [0, 0.1) is 3.70 Å². The number of fused-ring (bicyclic) bond motifs is 16. The lowest BCUT2D eigenvalue weighted by atomic mass is 10.0. The highest BCUT2D eigenvalue weighted by atomic mass is 127. The number of carbonyl (C=O) groups is 2. The zero-order valence-corrected chi connectivity index (χ0v) is 23.0. The van der Waals surface area contributed by atoms with E-state index in [1.165, 1.54) is 0 Å². The number of halogens is 1. The van der Waals surface area contributed by atoms with Crippen LogP contribution in [0.5, 0.6) is 5.75 Å². The van der Waals surface area contributed by atoms with Crippen molar-refractivity contribution in [2.24, 2.45) is 0 Å². The van der Waals surface area contributed by atoms with Crippen molar-refractivity contribution in [3.05, 3.63) is 75.1 Å². The summed E-state index contributed by atoms with van der Waals surface area (Å²) in [6.07, 6.45) is 2.47. The molecule has 2 aromatic carbocycles. The molecule has 196 valence electrons. The molecular formula is C27H32IN5O4. The lowest BCUT2D eigenvalue weighted by Crippen LogP contribution is -2.38. The fraction of sp³-hybridized carbons (Fsp3) is 0.407. The SMILES string of the molecule is C[C@@H]1NCC(=O)Oc2ccc(cc2)CCNC(=O)CCCCn2nnc(c2I)CO[C@@H]1c1ccccc1. The molecular weight excluding hydrogens is 585 g/mol. The zero-order chi connectivity index (χ0) is 26.0.